The number of nitrogens with zero attached hydrogens (tertiary/aromatic N) is 1. The SMILES string of the molecule is O=C(O)C=c1sc(=CC(=O)N2CCCC2)[nH]c1=O. The van der Waals surface area contributed by atoms with E-state index in [1.807, 2.05) is 0 Å². The van der Waals surface area contributed by atoms with Crippen molar-refractivity contribution in [2.75, 3.05) is 13.1 Å². The second-order valence-corrected chi connectivity index (χ2v) is 5.03. The van der Waals surface area contributed by atoms with Crippen molar-refractivity contribution in [3.63, 3.8) is 0 Å². The first-order valence-electron chi connectivity index (χ1n) is 5.50. The van der Waals surface area contributed by atoms with Crippen molar-refractivity contribution in [1.29, 1.82) is 0 Å². The predicted octanol–water partition coefficient (Wildman–Crippen LogP) is -1.30. The Morgan fingerprint density at radius 3 is 2.56 bits per heavy atom. The van der Waals surface area contributed by atoms with Crippen LogP contribution >= 0.6 is 11.3 Å². The molecule has 0 saturated carbocycles. The lowest BCUT2D eigenvalue weighted by molar-refractivity contribution is -0.129. The summed E-state index contributed by atoms with van der Waals surface area (Å²) in [5, 5.41) is 8.57. The molecule has 96 valence electrons. The molecule has 1 aromatic rings. The van der Waals surface area contributed by atoms with Gasteiger partial charge in [0.15, 0.2) is 0 Å². The van der Waals surface area contributed by atoms with Crippen LogP contribution in [0.25, 0.3) is 12.2 Å². The molecule has 2 heterocycles. The number of carboxylic acids is 1. The summed E-state index contributed by atoms with van der Waals surface area (Å²) in [6.45, 7) is 1.47. The number of likely N-dealkylation sites (tertiary alicyclic amines) is 1. The fourth-order valence-corrected chi connectivity index (χ4v) is 2.62. The Kier molecular flexibility index (Phi) is 3.61. The van der Waals surface area contributed by atoms with Crippen molar-refractivity contribution in [3.05, 3.63) is 19.5 Å². The van der Waals surface area contributed by atoms with E-state index >= 15 is 0 Å². The number of aromatic nitrogens is 1. The van der Waals surface area contributed by atoms with Gasteiger partial charge in [0.1, 0.15) is 9.20 Å². The molecule has 6 nitrogen and oxygen atoms in total. The highest BCUT2D eigenvalue weighted by Crippen LogP contribution is 2.07. The fourth-order valence-electron chi connectivity index (χ4n) is 1.78. The molecule has 7 heteroatoms. The highest BCUT2D eigenvalue weighted by molar-refractivity contribution is 7.07. The van der Waals surface area contributed by atoms with Gasteiger partial charge in [0.2, 0.25) is 5.91 Å². The Bertz CT molecular complexity index is 637. The number of aromatic amines is 1. The van der Waals surface area contributed by atoms with Crippen molar-refractivity contribution < 1.29 is 14.7 Å². The van der Waals surface area contributed by atoms with Gasteiger partial charge in [-0.25, -0.2) is 4.79 Å². The molecular weight excluding hydrogens is 256 g/mol. The number of hydrogen-bond acceptors (Lipinski definition) is 4. The van der Waals surface area contributed by atoms with Gasteiger partial charge in [-0.15, -0.1) is 11.3 Å². The summed E-state index contributed by atoms with van der Waals surface area (Å²) in [5.74, 6) is -1.33. The lowest BCUT2D eigenvalue weighted by Gasteiger charge is -2.10. The highest BCUT2D eigenvalue weighted by atomic mass is 32.1. The van der Waals surface area contributed by atoms with Gasteiger partial charge >= 0.3 is 5.97 Å². The fraction of sp³-hybridized carbons (Fsp3) is 0.364. The Balaban J connectivity index is 2.31. The van der Waals surface area contributed by atoms with E-state index in [4.69, 9.17) is 5.11 Å². The van der Waals surface area contributed by atoms with E-state index in [-0.39, 0.29) is 10.4 Å². The van der Waals surface area contributed by atoms with Gasteiger partial charge in [0, 0.05) is 25.2 Å². The van der Waals surface area contributed by atoms with E-state index in [2.05, 4.69) is 4.98 Å². The van der Waals surface area contributed by atoms with Crippen LogP contribution in [-0.2, 0) is 9.59 Å². The number of hydrogen-bond donors (Lipinski definition) is 2. The van der Waals surface area contributed by atoms with Crippen LogP contribution < -0.4 is 14.8 Å². The summed E-state index contributed by atoms with van der Waals surface area (Å²) < 4.78 is 0.465. The zero-order valence-corrected chi connectivity index (χ0v) is 10.3. The van der Waals surface area contributed by atoms with Crippen LogP contribution in [0.1, 0.15) is 12.8 Å². The number of carboxylic acid groups (broad SMARTS) is 1. The third kappa shape index (κ3) is 2.86. The molecule has 0 aromatic carbocycles. The van der Waals surface area contributed by atoms with E-state index in [1.165, 1.54) is 6.08 Å². The maximum absolute atomic E-state index is 11.8. The van der Waals surface area contributed by atoms with Crippen LogP contribution in [0.3, 0.4) is 0 Å². The van der Waals surface area contributed by atoms with Crippen LogP contribution in [-0.4, -0.2) is 40.0 Å². The summed E-state index contributed by atoms with van der Waals surface area (Å²) in [6, 6.07) is 0. The molecule has 1 amide bonds. The Morgan fingerprint density at radius 2 is 1.94 bits per heavy atom. The standard InChI is InChI=1S/C11H12N2O4S/c14-9(13-3-1-2-4-13)6-8-12-11(17)7(18-8)5-10(15)16/h5-6H,1-4H2,(H,12,17)(H,15,16). The third-order valence-corrected chi connectivity index (χ3v) is 3.57. The van der Waals surface area contributed by atoms with E-state index in [0.29, 0.717) is 4.66 Å². The molecule has 2 rings (SSSR count). The van der Waals surface area contributed by atoms with Crippen molar-refractivity contribution >= 4 is 35.4 Å². The van der Waals surface area contributed by atoms with E-state index in [0.717, 1.165) is 43.3 Å². The predicted molar refractivity (Wildman–Crippen MR) is 66.6 cm³/mol. The van der Waals surface area contributed by atoms with Gasteiger partial charge in [0.25, 0.3) is 5.56 Å². The van der Waals surface area contributed by atoms with E-state index in [1.54, 1.807) is 4.90 Å². The average molecular weight is 268 g/mol. The number of aliphatic carboxylic acids is 1. The van der Waals surface area contributed by atoms with E-state index < -0.39 is 11.5 Å². The van der Waals surface area contributed by atoms with Gasteiger partial charge in [0.05, 0.1) is 0 Å². The van der Waals surface area contributed by atoms with Crippen molar-refractivity contribution in [3.8, 4) is 0 Å². The minimum Gasteiger partial charge on any atom is -0.478 e. The molecule has 1 saturated heterocycles. The van der Waals surface area contributed by atoms with Gasteiger partial charge < -0.3 is 15.0 Å². The minimum atomic E-state index is -1.18. The second-order valence-electron chi connectivity index (χ2n) is 3.94. The normalized spacial score (nSPS) is 17.4. The van der Waals surface area contributed by atoms with Gasteiger partial charge in [-0.05, 0) is 12.8 Å². The highest BCUT2D eigenvalue weighted by Gasteiger charge is 2.15. The lowest BCUT2D eigenvalue weighted by Crippen LogP contribution is -2.27. The topological polar surface area (TPSA) is 90.5 Å². The maximum atomic E-state index is 11.8. The molecule has 0 aliphatic carbocycles. The number of amides is 1. The molecule has 18 heavy (non-hydrogen) atoms. The second kappa shape index (κ2) is 5.18. The number of rotatable bonds is 2. The summed E-state index contributed by atoms with van der Waals surface area (Å²) in [6.07, 6.45) is 4.18. The molecule has 0 bridgehead atoms. The van der Waals surface area contributed by atoms with Crippen LogP contribution in [0.2, 0.25) is 0 Å². The minimum absolute atomic E-state index is 0.0861. The summed E-state index contributed by atoms with van der Waals surface area (Å²) >= 11 is 0.967. The first-order valence-corrected chi connectivity index (χ1v) is 6.32. The summed E-state index contributed by atoms with van der Waals surface area (Å²) in [7, 11) is 0. The quantitative estimate of drug-likeness (QED) is 0.698. The molecule has 1 aliphatic heterocycles. The van der Waals surface area contributed by atoms with Gasteiger partial charge in [-0.3, -0.25) is 9.59 Å². The van der Waals surface area contributed by atoms with Gasteiger partial charge in [-0.2, -0.15) is 0 Å². The largest absolute Gasteiger partial charge is 0.478 e. The van der Waals surface area contributed by atoms with Crippen LogP contribution in [0.4, 0.5) is 0 Å². The third-order valence-electron chi connectivity index (χ3n) is 2.61. The molecule has 0 unspecified atom stereocenters. The molecule has 0 atom stereocenters. The molecule has 0 radical (unpaired) electrons. The Hall–Kier alpha value is -1.89. The number of nitrogens with one attached hydrogen (secondary N) is 1. The van der Waals surface area contributed by atoms with Crippen LogP contribution in [0.5, 0.6) is 0 Å². The van der Waals surface area contributed by atoms with Crippen molar-refractivity contribution in [1.82, 2.24) is 9.88 Å². The smallest absolute Gasteiger partial charge is 0.329 e. The zero-order chi connectivity index (χ0) is 13.1. The average Bonchev–Trinajstić information content (AvgIpc) is 2.89. The zero-order valence-electron chi connectivity index (χ0n) is 9.51. The Morgan fingerprint density at radius 1 is 1.28 bits per heavy atom. The number of carbonyl (C=O) groups is 2. The van der Waals surface area contributed by atoms with Crippen molar-refractivity contribution in [2.24, 2.45) is 0 Å². The molecule has 2 N–H and O–H groups in total. The number of H-pyrrole nitrogens is 1. The molecule has 0 spiro atoms. The Labute approximate surface area is 106 Å². The molecular formula is C11H12N2O4S. The van der Waals surface area contributed by atoms with Crippen LogP contribution in [0, 0.1) is 0 Å². The molecule has 1 fully saturated rings. The first-order chi connectivity index (χ1) is 8.56. The number of thiazole rings is 1. The lowest BCUT2D eigenvalue weighted by atomic mass is 10.4. The monoisotopic (exact) mass is 268 g/mol. The van der Waals surface area contributed by atoms with Crippen molar-refractivity contribution in [2.45, 2.75) is 12.8 Å². The number of carbonyl (C=O) groups excluding carboxylic acids is 1. The molecule has 1 aliphatic rings. The molecule has 1 aromatic heterocycles. The maximum Gasteiger partial charge on any atom is 0.329 e. The van der Waals surface area contributed by atoms with E-state index in [9.17, 15) is 14.4 Å². The van der Waals surface area contributed by atoms with Crippen LogP contribution in [0.15, 0.2) is 4.79 Å². The summed E-state index contributed by atoms with van der Waals surface area (Å²) in [5.41, 5.74) is -0.483. The summed E-state index contributed by atoms with van der Waals surface area (Å²) in [4.78, 5) is 37.8. The first kappa shape index (κ1) is 12.6. The van der Waals surface area contributed by atoms with Gasteiger partial charge in [-0.1, -0.05) is 0 Å².